The molecule has 2 aromatic carbocycles. The van der Waals surface area contributed by atoms with Gasteiger partial charge in [0.25, 0.3) is 0 Å². The molecule has 22 heavy (non-hydrogen) atoms. The quantitative estimate of drug-likeness (QED) is 0.366. The molecule has 0 amide bonds. The second-order valence-electron chi connectivity index (χ2n) is 4.75. The summed E-state index contributed by atoms with van der Waals surface area (Å²) in [5.74, 6) is -0.830. The third-order valence-electron chi connectivity index (χ3n) is 3.36. The summed E-state index contributed by atoms with van der Waals surface area (Å²) in [4.78, 5) is 24.5. The number of carbonyl (C=O) groups excluding carboxylic acids is 2. The van der Waals surface area contributed by atoms with Crippen molar-refractivity contribution in [3.63, 3.8) is 0 Å². The van der Waals surface area contributed by atoms with Gasteiger partial charge in [-0.1, -0.05) is 67.6 Å². The predicted molar refractivity (Wildman–Crippen MR) is 86.2 cm³/mol. The Balaban J connectivity index is 2.77. The van der Waals surface area contributed by atoms with E-state index in [0.29, 0.717) is 5.57 Å². The average molecular weight is 294 g/mol. The first-order valence-corrected chi connectivity index (χ1v) is 7.15. The lowest BCUT2D eigenvalue weighted by molar-refractivity contribution is -0.137. The number of methoxy groups -OCH3 is 1. The highest BCUT2D eigenvalue weighted by atomic mass is 16.5. The molecule has 0 aromatic heterocycles. The summed E-state index contributed by atoms with van der Waals surface area (Å²) in [6.45, 7) is 1.74. The highest BCUT2D eigenvalue weighted by Crippen LogP contribution is 2.28. The summed E-state index contributed by atoms with van der Waals surface area (Å²) >= 11 is 0. The van der Waals surface area contributed by atoms with Crippen molar-refractivity contribution in [2.24, 2.45) is 0 Å². The van der Waals surface area contributed by atoms with E-state index in [4.69, 9.17) is 4.74 Å². The SMILES string of the molecule is CCC(=O)C(C(=O)OC)=C(c1ccccc1)c1ccccc1. The van der Waals surface area contributed by atoms with Gasteiger partial charge in [0.1, 0.15) is 5.57 Å². The Bertz CT molecular complexity index is 626. The van der Waals surface area contributed by atoms with Gasteiger partial charge in [-0.25, -0.2) is 4.79 Å². The molecule has 0 aliphatic rings. The van der Waals surface area contributed by atoms with Crippen LogP contribution in [0.15, 0.2) is 66.2 Å². The molecular formula is C19H18O3. The van der Waals surface area contributed by atoms with Crippen LogP contribution in [0.4, 0.5) is 0 Å². The van der Waals surface area contributed by atoms with Gasteiger partial charge in [0.15, 0.2) is 5.78 Å². The fourth-order valence-electron chi connectivity index (χ4n) is 2.30. The van der Waals surface area contributed by atoms with Crippen LogP contribution >= 0.6 is 0 Å². The van der Waals surface area contributed by atoms with Crippen LogP contribution in [0.3, 0.4) is 0 Å². The van der Waals surface area contributed by atoms with Crippen molar-refractivity contribution < 1.29 is 14.3 Å². The number of ether oxygens (including phenoxy) is 1. The highest BCUT2D eigenvalue weighted by Gasteiger charge is 2.24. The first kappa shape index (κ1) is 15.7. The van der Waals surface area contributed by atoms with Gasteiger partial charge in [-0.05, 0) is 11.1 Å². The van der Waals surface area contributed by atoms with Crippen molar-refractivity contribution >= 4 is 17.3 Å². The number of esters is 1. The van der Waals surface area contributed by atoms with Crippen molar-refractivity contribution in [2.45, 2.75) is 13.3 Å². The maximum absolute atomic E-state index is 12.3. The normalized spacial score (nSPS) is 9.91. The second kappa shape index (κ2) is 7.36. The molecule has 0 atom stereocenters. The standard InChI is InChI=1S/C19H18O3/c1-3-16(20)18(19(21)22-2)17(14-10-6-4-7-11-14)15-12-8-5-9-13-15/h4-13H,3H2,1-2H3. The lowest BCUT2D eigenvalue weighted by Gasteiger charge is -2.14. The zero-order valence-electron chi connectivity index (χ0n) is 12.7. The van der Waals surface area contributed by atoms with Gasteiger partial charge in [-0.3, -0.25) is 4.79 Å². The van der Waals surface area contributed by atoms with Gasteiger partial charge in [0.2, 0.25) is 0 Å². The molecule has 0 saturated carbocycles. The van der Waals surface area contributed by atoms with Gasteiger partial charge in [0.05, 0.1) is 7.11 Å². The monoisotopic (exact) mass is 294 g/mol. The van der Waals surface area contributed by atoms with E-state index in [9.17, 15) is 9.59 Å². The molecule has 112 valence electrons. The summed E-state index contributed by atoms with van der Waals surface area (Å²) in [6.07, 6.45) is 0.244. The Morgan fingerprint density at radius 1 is 0.864 bits per heavy atom. The van der Waals surface area contributed by atoms with E-state index >= 15 is 0 Å². The fourth-order valence-corrected chi connectivity index (χ4v) is 2.30. The third kappa shape index (κ3) is 3.31. The predicted octanol–water partition coefficient (Wildman–Crippen LogP) is 3.64. The van der Waals surface area contributed by atoms with Crippen LogP contribution in [0, 0.1) is 0 Å². The van der Waals surface area contributed by atoms with Crippen molar-refractivity contribution in [2.75, 3.05) is 7.11 Å². The summed E-state index contributed by atoms with van der Waals surface area (Å²) in [5, 5.41) is 0. The van der Waals surface area contributed by atoms with E-state index in [0.717, 1.165) is 11.1 Å². The summed E-state index contributed by atoms with van der Waals surface area (Å²) < 4.78 is 4.84. The molecule has 0 aliphatic carbocycles. The largest absolute Gasteiger partial charge is 0.465 e. The first-order valence-electron chi connectivity index (χ1n) is 7.15. The molecule has 0 aliphatic heterocycles. The van der Waals surface area contributed by atoms with Crippen molar-refractivity contribution in [1.29, 1.82) is 0 Å². The number of hydrogen-bond acceptors (Lipinski definition) is 3. The minimum Gasteiger partial charge on any atom is -0.465 e. The Morgan fingerprint density at radius 2 is 1.32 bits per heavy atom. The lowest BCUT2D eigenvalue weighted by Crippen LogP contribution is -2.16. The number of Topliss-reactive ketones (excluding diaryl/α,β-unsaturated/α-hetero) is 1. The molecule has 0 N–H and O–H groups in total. The molecule has 0 unspecified atom stereocenters. The second-order valence-corrected chi connectivity index (χ2v) is 4.75. The highest BCUT2D eigenvalue weighted by molar-refractivity contribution is 6.24. The van der Waals surface area contributed by atoms with E-state index in [2.05, 4.69) is 0 Å². The third-order valence-corrected chi connectivity index (χ3v) is 3.36. The van der Waals surface area contributed by atoms with Crippen LogP contribution in [0.25, 0.3) is 5.57 Å². The Hall–Kier alpha value is -2.68. The number of hydrogen-bond donors (Lipinski definition) is 0. The number of ketones is 1. The lowest BCUT2D eigenvalue weighted by atomic mass is 9.90. The van der Waals surface area contributed by atoms with Crippen LogP contribution in [0.5, 0.6) is 0 Å². The van der Waals surface area contributed by atoms with Gasteiger partial charge in [-0.15, -0.1) is 0 Å². The van der Waals surface area contributed by atoms with E-state index in [1.807, 2.05) is 60.7 Å². The average Bonchev–Trinajstić information content (AvgIpc) is 2.59. The van der Waals surface area contributed by atoms with Gasteiger partial charge in [0, 0.05) is 12.0 Å². The zero-order chi connectivity index (χ0) is 15.9. The van der Waals surface area contributed by atoms with Crippen LogP contribution in [0.2, 0.25) is 0 Å². The van der Waals surface area contributed by atoms with Gasteiger partial charge < -0.3 is 4.74 Å². The topological polar surface area (TPSA) is 43.4 Å². The first-order chi connectivity index (χ1) is 10.7. The smallest absolute Gasteiger partial charge is 0.342 e. The molecule has 2 aromatic rings. The number of carbonyl (C=O) groups is 2. The van der Waals surface area contributed by atoms with Crippen LogP contribution in [-0.4, -0.2) is 18.9 Å². The maximum Gasteiger partial charge on any atom is 0.342 e. The fraction of sp³-hybridized carbons (Fsp3) is 0.158. The molecule has 0 bridgehead atoms. The molecule has 0 fully saturated rings. The van der Waals surface area contributed by atoms with Crippen molar-refractivity contribution in [3.8, 4) is 0 Å². The van der Waals surface area contributed by atoms with Crippen molar-refractivity contribution in [1.82, 2.24) is 0 Å². The Morgan fingerprint density at radius 3 is 1.68 bits per heavy atom. The zero-order valence-corrected chi connectivity index (χ0v) is 12.7. The van der Waals surface area contributed by atoms with Crippen molar-refractivity contribution in [3.05, 3.63) is 77.4 Å². The molecule has 2 rings (SSSR count). The van der Waals surface area contributed by atoms with Crippen LogP contribution < -0.4 is 0 Å². The molecule has 0 radical (unpaired) electrons. The Kier molecular flexibility index (Phi) is 5.26. The van der Waals surface area contributed by atoms with Gasteiger partial charge in [-0.2, -0.15) is 0 Å². The molecular weight excluding hydrogens is 276 g/mol. The number of rotatable bonds is 5. The van der Waals surface area contributed by atoms with Crippen LogP contribution in [-0.2, 0) is 14.3 Å². The number of benzene rings is 2. The summed E-state index contributed by atoms with van der Waals surface area (Å²) in [7, 11) is 1.29. The molecule has 0 spiro atoms. The van der Waals surface area contributed by atoms with E-state index in [-0.39, 0.29) is 17.8 Å². The van der Waals surface area contributed by atoms with Crippen LogP contribution in [0.1, 0.15) is 24.5 Å². The summed E-state index contributed by atoms with van der Waals surface area (Å²) in [5.41, 5.74) is 2.34. The minimum atomic E-state index is -0.602. The maximum atomic E-state index is 12.3. The van der Waals surface area contributed by atoms with Gasteiger partial charge >= 0.3 is 5.97 Å². The molecule has 0 saturated heterocycles. The van der Waals surface area contributed by atoms with E-state index in [1.54, 1.807) is 6.92 Å². The molecule has 0 heterocycles. The molecule has 3 heteroatoms. The van der Waals surface area contributed by atoms with E-state index in [1.165, 1.54) is 7.11 Å². The molecule has 3 nitrogen and oxygen atoms in total. The summed E-state index contributed by atoms with van der Waals surface area (Å²) in [6, 6.07) is 18.8. The van der Waals surface area contributed by atoms with E-state index < -0.39 is 5.97 Å². The minimum absolute atomic E-state index is 0.0994. The Labute approximate surface area is 130 Å².